The number of rotatable bonds is 4. The quantitative estimate of drug-likeness (QED) is 0.731. The number of Topliss-reactive ketones (excluding diaryl/α,β-unsaturated/α-hetero) is 1. The SMILES string of the molecule is CCCC1O[C@@H]2CC3C4CCC5=CC(=O)C=CC5(C)C4[C@@H](O)CC3[C@]2(C(=O)CO)O1. The van der Waals surface area contributed by atoms with Crippen molar-refractivity contribution in [3.63, 3.8) is 0 Å². The maximum Gasteiger partial charge on any atom is 0.192 e. The van der Waals surface area contributed by atoms with Crippen LogP contribution < -0.4 is 0 Å². The molecule has 0 spiro atoms. The summed E-state index contributed by atoms with van der Waals surface area (Å²) in [6, 6.07) is 0. The van der Waals surface area contributed by atoms with Gasteiger partial charge in [0, 0.05) is 17.3 Å². The lowest BCUT2D eigenvalue weighted by molar-refractivity contribution is -0.174. The van der Waals surface area contributed by atoms with Gasteiger partial charge in [0.25, 0.3) is 0 Å². The van der Waals surface area contributed by atoms with Crippen molar-refractivity contribution < 1.29 is 29.3 Å². The summed E-state index contributed by atoms with van der Waals surface area (Å²) in [7, 11) is 0. The van der Waals surface area contributed by atoms with Gasteiger partial charge >= 0.3 is 0 Å². The summed E-state index contributed by atoms with van der Waals surface area (Å²) in [6.45, 7) is 3.62. The summed E-state index contributed by atoms with van der Waals surface area (Å²) >= 11 is 0. The van der Waals surface area contributed by atoms with E-state index in [0.29, 0.717) is 12.8 Å². The molecule has 6 unspecified atom stereocenters. The van der Waals surface area contributed by atoms with Gasteiger partial charge in [-0.3, -0.25) is 9.59 Å². The van der Waals surface area contributed by atoms with E-state index in [4.69, 9.17) is 9.47 Å². The molecule has 5 aliphatic rings. The highest BCUT2D eigenvalue weighted by molar-refractivity contribution is 6.01. The zero-order chi connectivity index (χ0) is 21.3. The molecule has 2 N–H and O–H groups in total. The van der Waals surface area contributed by atoms with Gasteiger partial charge in [0.15, 0.2) is 23.5 Å². The molecule has 30 heavy (non-hydrogen) atoms. The number of ether oxygens (including phenoxy) is 2. The number of aliphatic hydroxyl groups excluding tert-OH is 2. The third-order valence-electron chi connectivity index (χ3n) is 8.74. The molecule has 0 aromatic rings. The standard InChI is InChI=1S/C24H32O6/c1-3-4-21-29-20-10-16-15-6-5-13-9-14(26)7-8-23(13,2)22(15)18(27)11-17(16)24(20,30-21)19(28)12-25/h7-9,15-18,20-22,25,27H,3-6,10-12H2,1-2H3/t15?,16?,17?,18-,20+,21?,22?,23?,24+/m0/s1. The third kappa shape index (κ3) is 2.63. The molecule has 3 saturated carbocycles. The van der Waals surface area contributed by atoms with Gasteiger partial charge in [-0.05, 0) is 56.1 Å². The first-order valence-electron chi connectivity index (χ1n) is 11.4. The first-order chi connectivity index (χ1) is 14.3. The van der Waals surface area contributed by atoms with Crippen molar-refractivity contribution in [2.24, 2.45) is 29.1 Å². The minimum atomic E-state index is -1.14. The normalized spacial score (nSPS) is 49.1. The van der Waals surface area contributed by atoms with Gasteiger partial charge in [-0.25, -0.2) is 0 Å². The number of fused-ring (bicyclic) bond motifs is 7. The molecule has 0 amide bonds. The fourth-order valence-corrected chi connectivity index (χ4v) is 7.58. The molecule has 0 aromatic heterocycles. The van der Waals surface area contributed by atoms with Crippen LogP contribution in [-0.4, -0.2) is 52.5 Å². The highest BCUT2D eigenvalue weighted by Gasteiger charge is 2.70. The summed E-state index contributed by atoms with van der Waals surface area (Å²) in [5.41, 5.74) is -0.358. The molecule has 0 radical (unpaired) electrons. The molecule has 4 aliphatic carbocycles. The van der Waals surface area contributed by atoms with Gasteiger partial charge in [0.05, 0.1) is 12.2 Å². The van der Waals surface area contributed by atoms with Crippen LogP contribution >= 0.6 is 0 Å². The van der Waals surface area contributed by atoms with Gasteiger partial charge in [0.1, 0.15) is 6.61 Å². The van der Waals surface area contributed by atoms with Gasteiger partial charge in [0.2, 0.25) is 0 Å². The van der Waals surface area contributed by atoms with Crippen molar-refractivity contribution in [2.45, 2.75) is 76.5 Å². The molecular weight excluding hydrogens is 384 g/mol. The van der Waals surface area contributed by atoms with E-state index in [0.717, 1.165) is 31.3 Å². The Morgan fingerprint density at radius 2 is 2.10 bits per heavy atom. The summed E-state index contributed by atoms with van der Waals surface area (Å²) in [5.74, 6) is -0.000523. The van der Waals surface area contributed by atoms with E-state index >= 15 is 0 Å². The largest absolute Gasteiger partial charge is 0.393 e. The van der Waals surface area contributed by atoms with Crippen LogP contribution in [0.3, 0.4) is 0 Å². The average Bonchev–Trinajstić information content (AvgIpc) is 3.22. The van der Waals surface area contributed by atoms with E-state index in [1.54, 1.807) is 12.2 Å². The van der Waals surface area contributed by atoms with Crippen LogP contribution in [0.1, 0.15) is 52.4 Å². The monoisotopic (exact) mass is 416 g/mol. The smallest absolute Gasteiger partial charge is 0.192 e. The number of allylic oxidation sites excluding steroid dienone is 4. The Kier molecular flexibility index (Phi) is 4.86. The fourth-order valence-electron chi connectivity index (χ4n) is 7.58. The second-order valence-corrected chi connectivity index (χ2v) is 10.1. The average molecular weight is 417 g/mol. The summed E-state index contributed by atoms with van der Waals surface area (Å²) in [6.07, 6.45) is 8.50. The molecule has 6 heteroatoms. The zero-order valence-electron chi connectivity index (χ0n) is 17.8. The van der Waals surface area contributed by atoms with E-state index in [9.17, 15) is 19.8 Å². The maximum absolute atomic E-state index is 13.0. The fraction of sp³-hybridized carbons (Fsp3) is 0.750. The number of carbonyl (C=O) groups is 2. The van der Waals surface area contributed by atoms with Gasteiger partial charge < -0.3 is 19.7 Å². The van der Waals surface area contributed by atoms with Gasteiger partial charge in [-0.15, -0.1) is 0 Å². The minimum absolute atomic E-state index is 0.00893. The van der Waals surface area contributed by atoms with Crippen LogP contribution in [0.25, 0.3) is 0 Å². The van der Waals surface area contributed by atoms with Gasteiger partial charge in [-0.2, -0.15) is 0 Å². The van der Waals surface area contributed by atoms with Crippen LogP contribution in [0, 0.1) is 29.1 Å². The molecule has 1 heterocycles. The molecule has 1 saturated heterocycles. The predicted octanol–water partition coefficient (Wildman–Crippen LogP) is 2.33. The number of hydrogen-bond acceptors (Lipinski definition) is 6. The van der Waals surface area contributed by atoms with E-state index in [1.165, 1.54) is 0 Å². The van der Waals surface area contributed by atoms with Crippen molar-refractivity contribution in [2.75, 3.05) is 6.61 Å². The van der Waals surface area contributed by atoms with Crippen molar-refractivity contribution in [1.29, 1.82) is 0 Å². The second-order valence-electron chi connectivity index (χ2n) is 10.1. The highest BCUT2D eigenvalue weighted by Crippen LogP contribution is 2.64. The molecule has 4 fully saturated rings. The Morgan fingerprint density at radius 3 is 2.83 bits per heavy atom. The van der Waals surface area contributed by atoms with Crippen LogP contribution in [0.4, 0.5) is 0 Å². The molecule has 9 atom stereocenters. The molecule has 6 nitrogen and oxygen atoms in total. The second kappa shape index (κ2) is 7.09. The molecule has 0 bridgehead atoms. The Balaban J connectivity index is 1.50. The van der Waals surface area contributed by atoms with Crippen LogP contribution in [0.5, 0.6) is 0 Å². The highest BCUT2D eigenvalue weighted by atomic mass is 16.7. The van der Waals surface area contributed by atoms with E-state index in [-0.39, 0.29) is 46.8 Å². The Morgan fingerprint density at radius 1 is 1.30 bits per heavy atom. The van der Waals surface area contributed by atoms with Gasteiger partial charge in [-0.1, -0.05) is 31.9 Å². The Bertz CT molecular complexity index is 817. The first-order valence-corrected chi connectivity index (χ1v) is 11.4. The first kappa shape index (κ1) is 20.6. The number of carbonyl (C=O) groups excluding carboxylic acids is 2. The van der Waals surface area contributed by atoms with Crippen LogP contribution in [0.2, 0.25) is 0 Å². The molecular formula is C24H32O6. The third-order valence-corrected chi connectivity index (χ3v) is 8.74. The van der Waals surface area contributed by atoms with Crippen LogP contribution in [0.15, 0.2) is 23.8 Å². The summed E-state index contributed by atoms with van der Waals surface area (Å²) < 4.78 is 12.5. The number of hydrogen-bond donors (Lipinski definition) is 2. The molecule has 5 rings (SSSR count). The lowest BCUT2D eigenvalue weighted by atomic mass is 9.49. The van der Waals surface area contributed by atoms with Crippen molar-refractivity contribution >= 4 is 11.6 Å². The predicted molar refractivity (Wildman–Crippen MR) is 108 cm³/mol. The lowest BCUT2D eigenvalue weighted by Gasteiger charge is -2.56. The topological polar surface area (TPSA) is 93.1 Å². The van der Waals surface area contributed by atoms with Crippen LogP contribution in [-0.2, 0) is 19.1 Å². The lowest BCUT2D eigenvalue weighted by Crippen LogP contribution is -2.58. The Labute approximate surface area is 177 Å². The van der Waals surface area contributed by atoms with Crippen molar-refractivity contribution in [3.8, 4) is 0 Å². The zero-order valence-corrected chi connectivity index (χ0v) is 17.8. The number of ketones is 2. The van der Waals surface area contributed by atoms with E-state index in [1.807, 2.05) is 6.08 Å². The van der Waals surface area contributed by atoms with Crippen molar-refractivity contribution in [1.82, 2.24) is 0 Å². The molecule has 1 aliphatic heterocycles. The maximum atomic E-state index is 13.0. The van der Waals surface area contributed by atoms with E-state index in [2.05, 4.69) is 13.8 Å². The minimum Gasteiger partial charge on any atom is -0.393 e. The summed E-state index contributed by atoms with van der Waals surface area (Å²) in [5, 5.41) is 21.1. The number of aliphatic hydroxyl groups is 2. The summed E-state index contributed by atoms with van der Waals surface area (Å²) in [4.78, 5) is 25.0. The van der Waals surface area contributed by atoms with Crippen molar-refractivity contribution in [3.05, 3.63) is 23.8 Å². The molecule has 164 valence electrons. The van der Waals surface area contributed by atoms with E-state index < -0.39 is 24.6 Å². The Hall–Kier alpha value is -1.34. The molecule has 0 aromatic carbocycles.